The Morgan fingerprint density at radius 2 is 1.90 bits per heavy atom. The molecule has 1 heterocycles. The molecule has 1 fully saturated rings. The van der Waals surface area contributed by atoms with E-state index in [2.05, 4.69) is 0 Å². The van der Waals surface area contributed by atoms with Gasteiger partial charge in [-0.3, -0.25) is 15.1 Å². The summed E-state index contributed by atoms with van der Waals surface area (Å²) in [6.07, 6.45) is 0. The zero-order chi connectivity index (χ0) is 14.0. The monoisotopic (exact) mass is 298 g/mol. The summed E-state index contributed by atoms with van der Waals surface area (Å²) in [5.74, 6) is -1.06. The fourth-order valence-corrected chi connectivity index (χ4v) is 1.95. The molecular formula is C12H15ClN4O3. The molecule has 1 aliphatic rings. The van der Waals surface area contributed by atoms with E-state index in [0.717, 1.165) is 0 Å². The van der Waals surface area contributed by atoms with E-state index in [1.54, 1.807) is 24.3 Å². The Labute approximate surface area is 121 Å². The molecule has 1 aromatic rings. The second-order valence-corrected chi connectivity index (χ2v) is 4.21. The quantitative estimate of drug-likeness (QED) is 0.562. The van der Waals surface area contributed by atoms with Gasteiger partial charge in [0.05, 0.1) is 0 Å². The predicted octanol–water partition coefficient (Wildman–Crippen LogP) is 0.719. The first-order valence-corrected chi connectivity index (χ1v) is 5.71. The summed E-state index contributed by atoms with van der Waals surface area (Å²) >= 11 is 0. The van der Waals surface area contributed by atoms with Crippen LogP contribution in [0, 0.1) is 5.41 Å². The van der Waals surface area contributed by atoms with Gasteiger partial charge in [0.25, 0.3) is 0 Å². The van der Waals surface area contributed by atoms with Gasteiger partial charge in [0.15, 0.2) is 0 Å². The van der Waals surface area contributed by atoms with Crippen molar-refractivity contribution in [2.75, 3.05) is 24.5 Å². The van der Waals surface area contributed by atoms with Gasteiger partial charge in [-0.05, 0) is 24.3 Å². The van der Waals surface area contributed by atoms with Crippen LogP contribution in [0.3, 0.4) is 0 Å². The van der Waals surface area contributed by atoms with Gasteiger partial charge >= 0.3 is 12.0 Å². The van der Waals surface area contributed by atoms with Crippen molar-refractivity contribution in [2.24, 2.45) is 5.73 Å². The van der Waals surface area contributed by atoms with Gasteiger partial charge in [-0.1, -0.05) is 0 Å². The number of nitrogen functional groups attached to an aromatic ring is 1. The molecule has 0 unspecified atom stereocenters. The second-order valence-electron chi connectivity index (χ2n) is 4.21. The Kier molecular flexibility index (Phi) is 4.93. The fourth-order valence-electron chi connectivity index (χ4n) is 1.95. The summed E-state index contributed by atoms with van der Waals surface area (Å²) in [5, 5.41) is 16.0. The van der Waals surface area contributed by atoms with Crippen molar-refractivity contribution >= 4 is 35.9 Å². The molecule has 8 heteroatoms. The topological polar surface area (TPSA) is 111 Å². The number of aliphatic carboxylic acids is 1. The van der Waals surface area contributed by atoms with Gasteiger partial charge in [0.2, 0.25) is 0 Å². The lowest BCUT2D eigenvalue weighted by Gasteiger charge is -2.17. The lowest BCUT2D eigenvalue weighted by atomic mass is 10.2. The van der Waals surface area contributed by atoms with Crippen molar-refractivity contribution in [3.63, 3.8) is 0 Å². The van der Waals surface area contributed by atoms with Crippen LogP contribution < -0.4 is 10.6 Å². The molecule has 2 amide bonds. The Hall–Kier alpha value is -2.28. The van der Waals surface area contributed by atoms with Crippen LogP contribution in [-0.2, 0) is 4.79 Å². The number of halogens is 1. The molecule has 1 saturated heterocycles. The highest BCUT2D eigenvalue weighted by Crippen LogP contribution is 2.20. The van der Waals surface area contributed by atoms with Crippen LogP contribution in [0.2, 0.25) is 0 Å². The van der Waals surface area contributed by atoms with Crippen LogP contribution in [0.5, 0.6) is 0 Å². The molecular weight excluding hydrogens is 284 g/mol. The summed E-state index contributed by atoms with van der Waals surface area (Å²) in [6.45, 7) is 0.548. The SMILES string of the molecule is Cl.N=C(N)c1ccc(N2CCN(CC(=O)O)C2=O)cc1. The highest BCUT2D eigenvalue weighted by atomic mass is 35.5. The maximum Gasteiger partial charge on any atom is 0.325 e. The fraction of sp³-hybridized carbons (Fsp3) is 0.250. The van der Waals surface area contributed by atoms with Gasteiger partial charge < -0.3 is 15.7 Å². The molecule has 1 aromatic carbocycles. The molecule has 1 aliphatic heterocycles. The molecule has 2 rings (SSSR count). The molecule has 0 bridgehead atoms. The van der Waals surface area contributed by atoms with Gasteiger partial charge in [-0.15, -0.1) is 12.4 Å². The minimum atomic E-state index is -1.03. The smallest absolute Gasteiger partial charge is 0.325 e. The number of nitrogens with one attached hydrogen (secondary N) is 1. The molecule has 0 aromatic heterocycles. The zero-order valence-corrected chi connectivity index (χ0v) is 11.4. The number of nitrogens with two attached hydrogens (primary N) is 1. The number of amides is 2. The van der Waals surface area contributed by atoms with Crippen molar-refractivity contribution < 1.29 is 14.7 Å². The molecule has 0 atom stereocenters. The number of nitrogens with zero attached hydrogens (tertiary/aromatic N) is 2. The number of urea groups is 1. The number of benzene rings is 1. The Morgan fingerprint density at radius 3 is 2.40 bits per heavy atom. The molecule has 20 heavy (non-hydrogen) atoms. The number of carbonyl (C=O) groups is 2. The van der Waals surface area contributed by atoms with Crippen molar-refractivity contribution in [3.8, 4) is 0 Å². The lowest BCUT2D eigenvalue weighted by Crippen LogP contribution is -2.35. The summed E-state index contributed by atoms with van der Waals surface area (Å²) in [4.78, 5) is 25.4. The number of carboxylic acids is 1. The zero-order valence-electron chi connectivity index (χ0n) is 10.6. The predicted molar refractivity (Wildman–Crippen MR) is 76.7 cm³/mol. The van der Waals surface area contributed by atoms with Gasteiger partial charge in [0, 0.05) is 24.3 Å². The van der Waals surface area contributed by atoms with Crippen LogP contribution in [0.25, 0.3) is 0 Å². The third-order valence-corrected chi connectivity index (χ3v) is 2.91. The highest BCUT2D eigenvalue weighted by molar-refractivity contribution is 5.98. The third-order valence-electron chi connectivity index (χ3n) is 2.91. The third kappa shape index (κ3) is 3.18. The normalized spacial score (nSPS) is 14.1. The summed E-state index contributed by atoms with van der Waals surface area (Å²) in [6, 6.07) is 6.38. The van der Waals surface area contributed by atoms with Crippen molar-refractivity contribution in [3.05, 3.63) is 29.8 Å². The molecule has 7 nitrogen and oxygen atoms in total. The van der Waals surface area contributed by atoms with Crippen molar-refractivity contribution in [2.45, 2.75) is 0 Å². The number of hydrogen-bond acceptors (Lipinski definition) is 3. The van der Waals surface area contributed by atoms with E-state index in [0.29, 0.717) is 24.3 Å². The largest absolute Gasteiger partial charge is 0.480 e. The first kappa shape index (κ1) is 15.8. The average Bonchev–Trinajstić information content (AvgIpc) is 2.70. The Bertz CT molecular complexity index is 532. The van der Waals surface area contributed by atoms with Crippen molar-refractivity contribution in [1.29, 1.82) is 5.41 Å². The van der Waals surface area contributed by atoms with Crippen LogP contribution >= 0.6 is 12.4 Å². The van der Waals surface area contributed by atoms with E-state index in [1.807, 2.05) is 0 Å². The van der Waals surface area contributed by atoms with Gasteiger partial charge in [-0.25, -0.2) is 4.79 Å². The molecule has 0 saturated carbocycles. The van der Waals surface area contributed by atoms with Crippen LogP contribution in [0.15, 0.2) is 24.3 Å². The van der Waals surface area contributed by atoms with Crippen molar-refractivity contribution in [1.82, 2.24) is 4.90 Å². The number of rotatable bonds is 4. The minimum Gasteiger partial charge on any atom is -0.480 e. The summed E-state index contributed by atoms with van der Waals surface area (Å²) < 4.78 is 0. The van der Waals surface area contributed by atoms with E-state index >= 15 is 0 Å². The van der Waals surface area contributed by atoms with E-state index in [9.17, 15) is 9.59 Å². The first-order chi connectivity index (χ1) is 8.99. The molecule has 0 spiro atoms. The van der Waals surface area contributed by atoms with E-state index in [4.69, 9.17) is 16.2 Å². The standard InChI is InChI=1S/C12H14N4O3.ClH/c13-11(14)8-1-3-9(4-2-8)16-6-5-15(12(16)19)7-10(17)18;/h1-4H,5-7H2,(H3,13,14)(H,17,18);1H. The maximum absolute atomic E-state index is 12.0. The molecule has 108 valence electrons. The van der Waals surface area contributed by atoms with Gasteiger partial charge in [-0.2, -0.15) is 0 Å². The summed E-state index contributed by atoms with van der Waals surface area (Å²) in [5.41, 5.74) is 6.60. The van der Waals surface area contributed by atoms with Crippen LogP contribution in [0.1, 0.15) is 5.56 Å². The number of anilines is 1. The molecule has 4 N–H and O–H groups in total. The number of hydrogen-bond donors (Lipinski definition) is 3. The second kappa shape index (κ2) is 6.25. The minimum absolute atomic E-state index is 0. The van der Waals surface area contributed by atoms with Crippen LogP contribution in [0.4, 0.5) is 10.5 Å². The first-order valence-electron chi connectivity index (χ1n) is 5.71. The van der Waals surface area contributed by atoms with E-state index < -0.39 is 5.97 Å². The maximum atomic E-state index is 12.0. The highest BCUT2D eigenvalue weighted by Gasteiger charge is 2.30. The number of carbonyl (C=O) groups excluding carboxylic acids is 1. The average molecular weight is 299 g/mol. The molecule has 0 radical (unpaired) electrons. The Balaban J connectivity index is 0.00000200. The Morgan fingerprint density at radius 1 is 1.30 bits per heavy atom. The molecule has 0 aliphatic carbocycles. The number of amidine groups is 1. The number of carboxylic acid groups (broad SMARTS) is 1. The lowest BCUT2D eigenvalue weighted by molar-refractivity contribution is -0.137. The van der Waals surface area contributed by atoms with E-state index in [1.165, 1.54) is 9.80 Å². The summed E-state index contributed by atoms with van der Waals surface area (Å²) in [7, 11) is 0. The van der Waals surface area contributed by atoms with Crippen LogP contribution in [-0.4, -0.2) is 47.5 Å². The van der Waals surface area contributed by atoms with Gasteiger partial charge in [0.1, 0.15) is 12.4 Å². The van der Waals surface area contributed by atoms with E-state index in [-0.39, 0.29) is 30.8 Å².